The lowest BCUT2D eigenvalue weighted by Gasteiger charge is -2.34. The number of allylic oxidation sites excluding steroid dienone is 10. The van der Waals surface area contributed by atoms with Crippen molar-refractivity contribution in [2.75, 3.05) is 41.0 Å². The molecule has 8 heteroatoms. The van der Waals surface area contributed by atoms with Crippen molar-refractivity contribution in [3.05, 3.63) is 60.8 Å². The molecule has 0 aliphatic carbocycles. The summed E-state index contributed by atoms with van der Waals surface area (Å²) in [5.74, 6) is -1.86. The van der Waals surface area contributed by atoms with Gasteiger partial charge in [0.25, 0.3) is 0 Å². The molecule has 0 bridgehead atoms. The predicted molar refractivity (Wildman–Crippen MR) is 217 cm³/mol. The Morgan fingerprint density at radius 1 is 0.585 bits per heavy atom. The number of hydrogen-bond acceptors (Lipinski definition) is 7. The van der Waals surface area contributed by atoms with Crippen molar-refractivity contribution in [2.45, 2.75) is 167 Å². The number of nitrogens with zero attached hydrogens (tertiary/aromatic N) is 1. The van der Waals surface area contributed by atoms with Crippen LogP contribution in [0.5, 0.6) is 0 Å². The van der Waals surface area contributed by atoms with E-state index in [1.807, 2.05) is 12.2 Å². The number of carboxylic acid groups (broad SMARTS) is 1. The van der Waals surface area contributed by atoms with Gasteiger partial charge in [-0.15, -0.1) is 0 Å². The lowest BCUT2D eigenvalue weighted by Crippen LogP contribution is -2.55. The van der Waals surface area contributed by atoms with Crippen LogP contribution in [-0.4, -0.2) is 75.5 Å². The van der Waals surface area contributed by atoms with Crippen LogP contribution in [0.25, 0.3) is 0 Å². The van der Waals surface area contributed by atoms with Gasteiger partial charge in [0, 0.05) is 19.3 Å². The molecule has 0 saturated carbocycles. The van der Waals surface area contributed by atoms with E-state index in [1.165, 1.54) is 57.8 Å². The first-order valence-corrected chi connectivity index (χ1v) is 20.8. The number of quaternary nitrogens is 1. The van der Waals surface area contributed by atoms with Gasteiger partial charge < -0.3 is 28.6 Å². The fraction of sp³-hybridized carbons (Fsp3) is 0.711. The van der Waals surface area contributed by atoms with Crippen LogP contribution in [0, 0.1) is 0 Å². The summed E-state index contributed by atoms with van der Waals surface area (Å²) in [4.78, 5) is 36.7. The lowest BCUT2D eigenvalue weighted by atomic mass is 10.1. The van der Waals surface area contributed by atoms with E-state index in [4.69, 9.17) is 14.2 Å². The van der Waals surface area contributed by atoms with Crippen LogP contribution in [-0.2, 0) is 28.6 Å². The van der Waals surface area contributed by atoms with Crippen LogP contribution < -0.4 is 5.11 Å². The molecule has 0 aliphatic heterocycles. The highest BCUT2D eigenvalue weighted by Gasteiger charge is 2.25. The summed E-state index contributed by atoms with van der Waals surface area (Å²) >= 11 is 0. The standard InChI is InChI=1S/C45H77NO7/c1-6-8-10-12-14-16-18-20-21-22-24-25-27-29-31-33-35-43(47)52-40-41(39-51-38-37-42(45(49)50)46(3,4)5)53-44(48)36-34-32-30-28-26-23-19-17-15-13-11-9-7-2/h9,11,15,17,21-23,26,30,32,41-42H,6-8,10,12-14,16,18-20,24-25,27-29,31,33-40H2,1-5H3/b11-9-,17-15-,22-21-,26-23-,32-30-. The van der Waals surface area contributed by atoms with E-state index in [-0.39, 0.29) is 43.1 Å². The molecule has 0 N–H and O–H groups in total. The van der Waals surface area contributed by atoms with Crippen LogP contribution in [0.2, 0.25) is 0 Å². The number of carbonyl (C=O) groups is 3. The zero-order valence-electron chi connectivity index (χ0n) is 34.4. The summed E-state index contributed by atoms with van der Waals surface area (Å²) in [6.45, 7) is 4.44. The molecule has 2 unspecified atom stereocenters. The number of carbonyl (C=O) groups excluding carboxylic acids is 3. The van der Waals surface area contributed by atoms with E-state index in [1.54, 1.807) is 21.1 Å². The maximum atomic E-state index is 12.6. The van der Waals surface area contributed by atoms with Gasteiger partial charge >= 0.3 is 11.9 Å². The van der Waals surface area contributed by atoms with E-state index in [0.717, 1.165) is 57.8 Å². The van der Waals surface area contributed by atoms with Crippen molar-refractivity contribution in [1.29, 1.82) is 0 Å². The zero-order valence-corrected chi connectivity index (χ0v) is 34.4. The summed E-state index contributed by atoms with van der Waals surface area (Å²) in [6, 6.07) is -0.740. The Morgan fingerprint density at radius 3 is 1.64 bits per heavy atom. The third-order valence-corrected chi connectivity index (χ3v) is 8.90. The molecule has 8 nitrogen and oxygen atoms in total. The highest BCUT2D eigenvalue weighted by molar-refractivity contribution is 5.70. The normalized spacial score (nSPS) is 13.6. The lowest BCUT2D eigenvalue weighted by molar-refractivity contribution is -0.889. The second-order valence-corrected chi connectivity index (χ2v) is 14.8. The van der Waals surface area contributed by atoms with Gasteiger partial charge in [-0.2, -0.15) is 0 Å². The number of rotatable bonds is 36. The first-order chi connectivity index (χ1) is 25.6. The molecule has 0 aliphatic rings. The van der Waals surface area contributed by atoms with E-state index >= 15 is 0 Å². The molecule has 0 amide bonds. The third kappa shape index (κ3) is 34.5. The summed E-state index contributed by atoms with van der Waals surface area (Å²) in [5.41, 5.74) is 0. The highest BCUT2D eigenvalue weighted by atomic mass is 16.6. The predicted octanol–water partition coefficient (Wildman–Crippen LogP) is 9.69. The van der Waals surface area contributed by atoms with Gasteiger partial charge in [-0.25, -0.2) is 0 Å². The maximum absolute atomic E-state index is 12.6. The van der Waals surface area contributed by atoms with Gasteiger partial charge in [-0.1, -0.05) is 132 Å². The fourth-order valence-corrected chi connectivity index (χ4v) is 5.67. The van der Waals surface area contributed by atoms with Gasteiger partial charge in [0.15, 0.2) is 6.10 Å². The molecule has 304 valence electrons. The average Bonchev–Trinajstić information content (AvgIpc) is 3.11. The largest absolute Gasteiger partial charge is 0.544 e. The van der Waals surface area contributed by atoms with E-state index in [9.17, 15) is 19.5 Å². The van der Waals surface area contributed by atoms with Gasteiger partial charge in [-0.05, 0) is 64.2 Å². The Labute approximate surface area is 324 Å². The molecule has 0 aromatic heterocycles. The van der Waals surface area contributed by atoms with Crippen molar-refractivity contribution in [3.63, 3.8) is 0 Å². The van der Waals surface area contributed by atoms with Crippen molar-refractivity contribution >= 4 is 17.9 Å². The number of likely N-dealkylation sites (N-methyl/N-ethyl adjacent to an activating group) is 1. The summed E-state index contributed by atoms with van der Waals surface area (Å²) in [6.07, 6.45) is 42.6. The number of aliphatic carboxylic acids is 1. The maximum Gasteiger partial charge on any atom is 0.306 e. The number of hydrogen-bond donors (Lipinski definition) is 0. The molecule has 0 rings (SSSR count). The molecule has 53 heavy (non-hydrogen) atoms. The molecule has 0 aromatic rings. The van der Waals surface area contributed by atoms with Crippen LogP contribution in [0.1, 0.15) is 155 Å². The minimum Gasteiger partial charge on any atom is -0.544 e. The summed E-state index contributed by atoms with van der Waals surface area (Å²) in [5, 5.41) is 11.6. The highest BCUT2D eigenvalue weighted by Crippen LogP contribution is 2.12. The Bertz CT molecular complexity index is 1050. The summed E-state index contributed by atoms with van der Waals surface area (Å²) < 4.78 is 17.0. The Balaban J connectivity index is 4.47. The number of ether oxygens (including phenoxy) is 3. The van der Waals surface area contributed by atoms with Crippen molar-refractivity contribution in [3.8, 4) is 0 Å². The average molecular weight is 744 g/mol. The van der Waals surface area contributed by atoms with Crippen molar-refractivity contribution in [1.82, 2.24) is 0 Å². The second-order valence-electron chi connectivity index (χ2n) is 14.8. The molecule has 0 spiro atoms. The van der Waals surface area contributed by atoms with E-state index in [2.05, 4.69) is 62.5 Å². The summed E-state index contributed by atoms with van der Waals surface area (Å²) in [7, 11) is 5.37. The molecule has 0 aromatic carbocycles. The molecule has 2 atom stereocenters. The molecule has 0 radical (unpaired) electrons. The Kier molecular flexibility index (Phi) is 34.0. The number of carboxylic acids is 1. The van der Waals surface area contributed by atoms with Gasteiger partial charge in [0.2, 0.25) is 0 Å². The molecule has 0 saturated heterocycles. The third-order valence-electron chi connectivity index (χ3n) is 8.90. The minimum atomic E-state index is -1.14. The van der Waals surface area contributed by atoms with E-state index < -0.39 is 24.1 Å². The first-order valence-electron chi connectivity index (χ1n) is 20.8. The molecular formula is C45H77NO7. The number of unbranched alkanes of at least 4 members (excludes halogenated alkanes) is 12. The van der Waals surface area contributed by atoms with E-state index in [0.29, 0.717) is 12.8 Å². The van der Waals surface area contributed by atoms with Crippen molar-refractivity contribution in [2.24, 2.45) is 0 Å². The molecular weight excluding hydrogens is 666 g/mol. The van der Waals surface area contributed by atoms with Crippen LogP contribution in [0.4, 0.5) is 0 Å². The minimum absolute atomic E-state index is 0.00734. The van der Waals surface area contributed by atoms with Gasteiger partial charge in [0.05, 0.1) is 40.3 Å². The van der Waals surface area contributed by atoms with Crippen LogP contribution in [0.15, 0.2) is 60.8 Å². The van der Waals surface area contributed by atoms with Crippen LogP contribution >= 0.6 is 0 Å². The molecule has 0 heterocycles. The quantitative estimate of drug-likeness (QED) is 0.0273. The topological polar surface area (TPSA) is 102 Å². The Morgan fingerprint density at radius 2 is 1.09 bits per heavy atom. The number of esters is 2. The van der Waals surface area contributed by atoms with Gasteiger partial charge in [-0.3, -0.25) is 9.59 Å². The Hall–Kier alpha value is -2.97. The first kappa shape index (κ1) is 50.0. The smallest absolute Gasteiger partial charge is 0.306 e. The van der Waals surface area contributed by atoms with Gasteiger partial charge in [0.1, 0.15) is 12.6 Å². The monoisotopic (exact) mass is 744 g/mol. The SMILES string of the molecule is CC/C=C\C/C=C\C/C=C\C/C=C\CCC(=O)OC(COCCC(C(=O)[O-])[N+](C)(C)C)COC(=O)CCCCCCC/C=C\CCCCCCCCC. The zero-order chi connectivity index (χ0) is 39.3. The van der Waals surface area contributed by atoms with Crippen molar-refractivity contribution < 1.29 is 38.2 Å². The molecule has 0 fully saturated rings. The second kappa shape index (κ2) is 36.0. The van der Waals surface area contributed by atoms with Crippen LogP contribution in [0.3, 0.4) is 0 Å². The fourth-order valence-electron chi connectivity index (χ4n) is 5.67.